The van der Waals surface area contributed by atoms with Crippen LogP contribution in [0.4, 0.5) is 15.8 Å². The van der Waals surface area contributed by atoms with Crippen molar-refractivity contribution in [1.82, 2.24) is 14.7 Å². The fourth-order valence-corrected chi connectivity index (χ4v) is 4.27. The van der Waals surface area contributed by atoms with Crippen molar-refractivity contribution in [3.63, 3.8) is 0 Å². The average molecular weight is 459 g/mol. The number of nitrogens with zero attached hydrogens (tertiary/aromatic N) is 5. The highest BCUT2D eigenvalue weighted by molar-refractivity contribution is 5.94. The Bertz CT molecular complexity index is 1440. The van der Waals surface area contributed by atoms with Crippen molar-refractivity contribution in [3.8, 4) is 16.9 Å². The second kappa shape index (κ2) is 8.68. The number of anilines is 1. The van der Waals surface area contributed by atoms with E-state index in [4.69, 9.17) is 0 Å². The summed E-state index contributed by atoms with van der Waals surface area (Å²) in [5.41, 5.74) is 1.26. The Hall–Kier alpha value is -4.11. The molecule has 1 saturated heterocycles. The van der Waals surface area contributed by atoms with E-state index in [1.54, 1.807) is 48.5 Å². The van der Waals surface area contributed by atoms with Crippen LogP contribution >= 0.6 is 0 Å². The number of piperazine rings is 1. The average Bonchev–Trinajstić information content (AvgIpc) is 2.85. The van der Waals surface area contributed by atoms with Crippen LogP contribution in [0, 0.1) is 15.9 Å². The first-order valence-corrected chi connectivity index (χ1v) is 10.9. The Labute approximate surface area is 194 Å². The molecule has 0 N–H and O–H groups in total. The van der Waals surface area contributed by atoms with E-state index in [1.165, 1.54) is 18.2 Å². The highest BCUT2D eigenvalue weighted by Crippen LogP contribution is 2.30. The van der Waals surface area contributed by atoms with Crippen molar-refractivity contribution >= 4 is 22.1 Å². The first kappa shape index (κ1) is 21.7. The molecule has 0 amide bonds. The third-order valence-corrected chi connectivity index (χ3v) is 6.17. The maximum absolute atomic E-state index is 13.6. The minimum absolute atomic E-state index is 0.0977. The summed E-state index contributed by atoms with van der Waals surface area (Å²) in [6, 6.07) is 17.5. The SMILES string of the molecule is CN1CCN(c2ccc([N+](=O)[O-])c(-n3nc(-c4ccc(F)cc4)c4ccccc4c3=O)c2)CC1. The third kappa shape index (κ3) is 3.90. The second-order valence-corrected chi connectivity index (χ2v) is 8.34. The Kier molecular flexibility index (Phi) is 5.54. The van der Waals surface area contributed by atoms with E-state index in [1.807, 2.05) is 7.05 Å². The number of aromatic nitrogens is 2. The van der Waals surface area contributed by atoms with E-state index in [-0.39, 0.29) is 11.4 Å². The molecule has 1 aliphatic rings. The lowest BCUT2D eigenvalue weighted by atomic mass is 10.0. The highest BCUT2D eigenvalue weighted by atomic mass is 19.1. The van der Waals surface area contributed by atoms with Gasteiger partial charge < -0.3 is 9.80 Å². The lowest BCUT2D eigenvalue weighted by Crippen LogP contribution is -2.44. The van der Waals surface area contributed by atoms with Crippen molar-refractivity contribution in [1.29, 1.82) is 0 Å². The molecule has 0 saturated carbocycles. The fraction of sp³-hybridized carbons (Fsp3) is 0.200. The van der Waals surface area contributed by atoms with Gasteiger partial charge >= 0.3 is 0 Å². The molecule has 3 aromatic carbocycles. The van der Waals surface area contributed by atoms with Crippen LogP contribution in [0.25, 0.3) is 27.7 Å². The van der Waals surface area contributed by atoms with Crippen molar-refractivity contribution in [3.05, 3.63) is 93.0 Å². The highest BCUT2D eigenvalue weighted by Gasteiger charge is 2.23. The molecule has 2 heterocycles. The number of hydrogen-bond donors (Lipinski definition) is 0. The molecule has 1 aliphatic heterocycles. The van der Waals surface area contributed by atoms with E-state index in [2.05, 4.69) is 14.9 Å². The number of halogens is 1. The Morgan fingerprint density at radius 2 is 1.62 bits per heavy atom. The van der Waals surface area contributed by atoms with E-state index in [0.29, 0.717) is 22.0 Å². The minimum atomic E-state index is -0.510. The van der Waals surface area contributed by atoms with Crippen LogP contribution in [0.5, 0.6) is 0 Å². The van der Waals surface area contributed by atoms with Gasteiger partial charge in [-0.25, -0.2) is 4.39 Å². The molecule has 0 spiro atoms. The van der Waals surface area contributed by atoms with E-state index in [9.17, 15) is 19.3 Å². The predicted octanol–water partition coefficient (Wildman–Crippen LogP) is 3.85. The van der Waals surface area contributed by atoms with Crippen LogP contribution < -0.4 is 10.5 Å². The van der Waals surface area contributed by atoms with Crippen LogP contribution in [0.3, 0.4) is 0 Å². The lowest BCUT2D eigenvalue weighted by Gasteiger charge is -2.34. The summed E-state index contributed by atoms with van der Waals surface area (Å²) in [6.07, 6.45) is 0. The van der Waals surface area contributed by atoms with Gasteiger partial charge in [0.1, 0.15) is 11.5 Å². The van der Waals surface area contributed by atoms with Crippen molar-refractivity contribution < 1.29 is 9.31 Å². The van der Waals surface area contributed by atoms with Gasteiger partial charge in [-0.05, 0) is 49.5 Å². The summed E-state index contributed by atoms with van der Waals surface area (Å²) < 4.78 is 14.6. The van der Waals surface area contributed by atoms with E-state index in [0.717, 1.165) is 36.5 Å². The zero-order chi connectivity index (χ0) is 23.8. The largest absolute Gasteiger partial charge is 0.369 e. The van der Waals surface area contributed by atoms with Gasteiger partial charge in [-0.15, -0.1) is 0 Å². The van der Waals surface area contributed by atoms with Gasteiger partial charge in [0.2, 0.25) is 0 Å². The summed E-state index contributed by atoms with van der Waals surface area (Å²) >= 11 is 0. The Morgan fingerprint density at radius 1 is 0.941 bits per heavy atom. The second-order valence-electron chi connectivity index (χ2n) is 8.34. The van der Waals surface area contributed by atoms with Crippen molar-refractivity contribution in [2.45, 2.75) is 0 Å². The van der Waals surface area contributed by atoms with Crippen molar-refractivity contribution in [2.24, 2.45) is 0 Å². The monoisotopic (exact) mass is 459 g/mol. The molecule has 0 radical (unpaired) electrons. The van der Waals surface area contributed by atoms with Crippen LogP contribution in [-0.4, -0.2) is 52.8 Å². The van der Waals surface area contributed by atoms with E-state index < -0.39 is 16.3 Å². The Balaban J connectivity index is 1.74. The van der Waals surface area contributed by atoms with Crippen LogP contribution in [0.15, 0.2) is 71.5 Å². The zero-order valence-electron chi connectivity index (χ0n) is 18.5. The van der Waals surface area contributed by atoms with Gasteiger partial charge in [-0.1, -0.05) is 18.2 Å². The zero-order valence-corrected chi connectivity index (χ0v) is 18.5. The lowest BCUT2D eigenvalue weighted by molar-refractivity contribution is -0.384. The topological polar surface area (TPSA) is 84.5 Å². The molecule has 0 bridgehead atoms. The summed E-state index contributed by atoms with van der Waals surface area (Å²) in [4.78, 5) is 29.2. The van der Waals surface area contributed by atoms with Gasteiger partial charge in [-0.3, -0.25) is 14.9 Å². The quantitative estimate of drug-likeness (QED) is 0.341. The normalized spacial score (nSPS) is 14.5. The number of fused-ring (bicyclic) bond motifs is 1. The smallest absolute Gasteiger partial charge is 0.295 e. The fourth-order valence-electron chi connectivity index (χ4n) is 4.27. The standard InChI is InChI=1S/C25H22FN5O3/c1-28-12-14-29(15-13-28)19-10-11-22(31(33)34)23(16-19)30-25(32)21-5-3-2-4-20(21)24(27-30)17-6-8-18(26)9-7-17/h2-11,16H,12-15H2,1H3. The minimum Gasteiger partial charge on any atom is -0.369 e. The van der Waals surface area contributed by atoms with Gasteiger partial charge in [0.25, 0.3) is 11.2 Å². The molecule has 34 heavy (non-hydrogen) atoms. The summed E-state index contributed by atoms with van der Waals surface area (Å²) in [7, 11) is 2.05. The van der Waals surface area contributed by atoms with Gasteiger partial charge in [0.05, 0.1) is 16.0 Å². The van der Waals surface area contributed by atoms with Crippen molar-refractivity contribution in [2.75, 3.05) is 38.1 Å². The molecule has 9 heteroatoms. The number of rotatable bonds is 4. The molecule has 172 valence electrons. The maximum atomic E-state index is 13.6. The number of nitro groups is 1. The third-order valence-electron chi connectivity index (χ3n) is 6.17. The molecule has 1 aromatic heterocycles. The summed E-state index contributed by atoms with van der Waals surface area (Å²) in [5, 5.41) is 17.4. The van der Waals surface area contributed by atoms with Gasteiger partial charge in [0, 0.05) is 48.9 Å². The number of benzene rings is 3. The molecule has 8 nitrogen and oxygen atoms in total. The first-order chi connectivity index (χ1) is 16.4. The first-order valence-electron chi connectivity index (χ1n) is 10.9. The van der Waals surface area contributed by atoms with Gasteiger partial charge in [0.15, 0.2) is 0 Å². The predicted molar refractivity (Wildman–Crippen MR) is 129 cm³/mol. The van der Waals surface area contributed by atoms with Crippen LogP contribution in [0.2, 0.25) is 0 Å². The number of likely N-dealkylation sites (N-methyl/N-ethyl adjacent to an activating group) is 1. The number of nitro benzene ring substituents is 1. The molecule has 5 rings (SSSR count). The molecule has 0 atom stereocenters. The van der Waals surface area contributed by atoms with Crippen LogP contribution in [-0.2, 0) is 0 Å². The molecule has 1 fully saturated rings. The maximum Gasteiger partial charge on any atom is 0.295 e. The summed E-state index contributed by atoms with van der Waals surface area (Å²) in [5.74, 6) is -0.392. The Morgan fingerprint density at radius 3 is 2.29 bits per heavy atom. The molecule has 0 aliphatic carbocycles. The number of hydrogen-bond acceptors (Lipinski definition) is 6. The van der Waals surface area contributed by atoms with Gasteiger partial charge in [-0.2, -0.15) is 9.78 Å². The van der Waals surface area contributed by atoms with E-state index >= 15 is 0 Å². The molecule has 4 aromatic rings. The molecular weight excluding hydrogens is 437 g/mol. The molecular formula is C25H22FN5O3. The molecule has 0 unspecified atom stereocenters. The summed E-state index contributed by atoms with van der Waals surface area (Å²) in [6.45, 7) is 3.29. The van der Waals surface area contributed by atoms with Crippen LogP contribution in [0.1, 0.15) is 0 Å².